The van der Waals surface area contributed by atoms with E-state index in [2.05, 4.69) is 22.2 Å². The summed E-state index contributed by atoms with van der Waals surface area (Å²) in [7, 11) is 0. The predicted molar refractivity (Wildman–Crippen MR) is 92.9 cm³/mol. The van der Waals surface area contributed by atoms with Gasteiger partial charge < -0.3 is 16.2 Å². The Balaban J connectivity index is 0.00000242. The average Bonchev–Trinajstić information content (AvgIpc) is 2.45. The maximum absolute atomic E-state index is 13.5. The van der Waals surface area contributed by atoms with E-state index < -0.39 is 0 Å². The third kappa shape index (κ3) is 4.71. The molecule has 5 nitrogen and oxygen atoms in total. The minimum atomic E-state index is -0.341. The number of hydrogen-bond donors (Lipinski definition) is 3. The molecule has 4 N–H and O–H groups in total. The number of hydrogen-bond acceptors (Lipinski definition) is 5. The van der Waals surface area contributed by atoms with Crippen LogP contribution in [0.15, 0.2) is 18.2 Å². The first-order valence-corrected chi connectivity index (χ1v) is 7.24. The molecule has 1 heterocycles. The van der Waals surface area contributed by atoms with E-state index in [-0.39, 0.29) is 37.9 Å². The average molecular weight is 326 g/mol. The number of anilines is 2. The van der Waals surface area contributed by atoms with Gasteiger partial charge in [0.25, 0.3) is 0 Å². The Morgan fingerprint density at radius 1 is 1.32 bits per heavy atom. The zero-order valence-corrected chi connectivity index (χ0v) is 13.6. The fourth-order valence-electron chi connectivity index (χ4n) is 2.32. The van der Waals surface area contributed by atoms with Crippen LogP contribution < -0.4 is 11.1 Å². The van der Waals surface area contributed by atoms with Crippen molar-refractivity contribution in [2.75, 3.05) is 17.7 Å². The van der Waals surface area contributed by atoms with Crippen LogP contribution in [0.1, 0.15) is 32.6 Å². The van der Waals surface area contributed by atoms with Crippen molar-refractivity contribution in [3.05, 3.63) is 24.0 Å². The minimum Gasteiger partial charge on any atom is -0.396 e. The van der Waals surface area contributed by atoms with Gasteiger partial charge in [-0.2, -0.15) is 18.5 Å². The molecule has 7 heteroatoms. The number of nitrogens with one attached hydrogen (secondary N) is 1. The van der Waals surface area contributed by atoms with E-state index in [9.17, 15) is 4.39 Å². The maximum Gasteiger partial charge on any atom is 0.222 e. The fourth-order valence-corrected chi connectivity index (χ4v) is 2.32. The van der Waals surface area contributed by atoms with Gasteiger partial charge in [-0.3, -0.25) is 0 Å². The lowest BCUT2D eigenvalue weighted by molar-refractivity contribution is 0.276. The minimum absolute atomic E-state index is 0. The van der Waals surface area contributed by atoms with Gasteiger partial charge in [-0.15, -0.1) is 0 Å². The third-order valence-corrected chi connectivity index (χ3v) is 3.40. The predicted octanol–water partition coefficient (Wildman–Crippen LogP) is 2.82. The largest absolute Gasteiger partial charge is 0.396 e. The smallest absolute Gasteiger partial charge is 0.222 e. The summed E-state index contributed by atoms with van der Waals surface area (Å²) in [6, 6.07) is 4.41. The highest BCUT2D eigenvalue weighted by molar-refractivity contribution is 7.59. The number of nitrogens with two attached hydrogens (primary N) is 1. The molecule has 0 aliphatic carbocycles. The Labute approximate surface area is 136 Å². The second-order valence-electron chi connectivity index (χ2n) is 5.09. The standard InChI is InChI=1S/C15H21FN4O.H2S/c1-2-3-4-11(7-8-21)18-14-12-9-10(16)5-6-13(12)19-15(17)20-14;/h5-6,9,11,21H,2-4,7-8H2,1H3,(H3,17,18,19,20);1H2/t11-;/m0./s1. The quantitative estimate of drug-likeness (QED) is 0.728. The van der Waals surface area contributed by atoms with Crippen molar-refractivity contribution in [2.45, 2.75) is 38.6 Å². The van der Waals surface area contributed by atoms with Crippen LogP contribution in [0.5, 0.6) is 0 Å². The Bertz CT molecular complexity index is 611. The molecule has 0 radical (unpaired) electrons. The van der Waals surface area contributed by atoms with E-state index in [0.717, 1.165) is 19.3 Å². The number of aliphatic hydroxyl groups excluding tert-OH is 1. The fraction of sp³-hybridized carbons (Fsp3) is 0.467. The van der Waals surface area contributed by atoms with Gasteiger partial charge in [-0.1, -0.05) is 19.8 Å². The summed E-state index contributed by atoms with van der Waals surface area (Å²) in [5, 5.41) is 13.0. The van der Waals surface area contributed by atoms with E-state index in [1.807, 2.05) is 0 Å². The van der Waals surface area contributed by atoms with Gasteiger partial charge in [-0.25, -0.2) is 9.37 Å². The lowest BCUT2D eigenvalue weighted by Crippen LogP contribution is -2.22. The summed E-state index contributed by atoms with van der Waals surface area (Å²) < 4.78 is 13.5. The van der Waals surface area contributed by atoms with Gasteiger partial charge in [0.05, 0.1) is 5.52 Å². The second kappa shape index (κ2) is 8.75. The molecule has 122 valence electrons. The van der Waals surface area contributed by atoms with E-state index in [4.69, 9.17) is 10.8 Å². The number of aromatic nitrogens is 2. The Morgan fingerprint density at radius 2 is 2.09 bits per heavy atom. The van der Waals surface area contributed by atoms with E-state index in [1.165, 1.54) is 12.1 Å². The van der Waals surface area contributed by atoms with Crippen LogP contribution >= 0.6 is 13.5 Å². The molecular weight excluding hydrogens is 303 g/mol. The lowest BCUT2D eigenvalue weighted by Gasteiger charge is -2.19. The summed E-state index contributed by atoms with van der Waals surface area (Å²) >= 11 is 0. The van der Waals surface area contributed by atoms with Gasteiger partial charge in [0.2, 0.25) is 5.95 Å². The second-order valence-corrected chi connectivity index (χ2v) is 5.09. The molecule has 1 atom stereocenters. The van der Waals surface area contributed by atoms with Crippen LogP contribution in [0.4, 0.5) is 16.2 Å². The number of rotatable bonds is 7. The molecule has 22 heavy (non-hydrogen) atoms. The van der Waals surface area contributed by atoms with E-state index in [1.54, 1.807) is 6.07 Å². The molecule has 0 amide bonds. The summed E-state index contributed by atoms with van der Waals surface area (Å²) in [4.78, 5) is 8.28. The van der Waals surface area contributed by atoms with Crippen molar-refractivity contribution in [1.82, 2.24) is 9.97 Å². The summed E-state index contributed by atoms with van der Waals surface area (Å²) in [6.45, 7) is 2.21. The molecule has 0 saturated carbocycles. The number of nitrogens with zero attached hydrogens (tertiary/aromatic N) is 2. The Hall–Kier alpha value is -1.60. The topological polar surface area (TPSA) is 84.1 Å². The molecule has 1 aromatic heterocycles. The van der Waals surface area contributed by atoms with E-state index >= 15 is 0 Å². The highest BCUT2D eigenvalue weighted by atomic mass is 32.1. The van der Waals surface area contributed by atoms with Crippen LogP contribution in [-0.4, -0.2) is 27.7 Å². The normalized spacial score (nSPS) is 12.0. The maximum atomic E-state index is 13.5. The first-order chi connectivity index (χ1) is 10.1. The molecule has 0 aliphatic heterocycles. The SMILES string of the molecule is CCCC[C@@H](CCO)Nc1nc(N)nc2ccc(F)cc12.S. The molecular formula is C15H23FN4OS. The first-order valence-electron chi connectivity index (χ1n) is 7.24. The van der Waals surface area contributed by atoms with Crippen LogP contribution in [0.25, 0.3) is 10.9 Å². The van der Waals surface area contributed by atoms with Gasteiger partial charge in [0.1, 0.15) is 11.6 Å². The number of aliphatic hydroxyl groups is 1. The molecule has 0 saturated heterocycles. The highest BCUT2D eigenvalue weighted by Crippen LogP contribution is 2.24. The van der Waals surface area contributed by atoms with Crippen molar-refractivity contribution in [1.29, 1.82) is 0 Å². The Kier molecular flexibility index (Phi) is 7.34. The number of nitrogen functional groups attached to an aromatic ring is 1. The first kappa shape index (κ1) is 18.4. The Morgan fingerprint density at radius 3 is 2.77 bits per heavy atom. The van der Waals surface area contributed by atoms with Gasteiger partial charge in [0, 0.05) is 18.0 Å². The monoisotopic (exact) mass is 326 g/mol. The molecule has 0 unspecified atom stereocenters. The zero-order valence-electron chi connectivity index (χ0n) is 12.6. The van der Waals surface area contributed by atoms with Crippen LogP contribution in [0.3, 0.4) is 0 Å². The molecule has 0 aliphatic rings. The van der Waals surface area contributed by atoms with Crippen LogP contribution in [0.2, 0.25) is 0 Å². The van der Waals surface area contributed by atoms with Gasteiger partial charge in [0.15, 0.2) is 0 Å². The number of unbranched alkanes of at least 4 members (excludes halogenated alkanes) is 1. The van der Waals surface area contributed by atoms with E-state index in [0.29, 0.717) is 23.1 Å². The highest BCUT2D eigenvalue weighted by Gasteiger charge is 2.13. The summed E-state index contributed by atoms with van der Waals surface area (Å²) in [5.41, 5.74) is 6.31. The molecule has 0 fully saturated rings. The summed E-state index contributed by atoms with van der Waals surface area (Å²) in [6.07, 6.45) is 3.65. The van der Waals surface area contributed by atoms with Crippen molar-refractivity contribution in [2.24, 2.45) is 0 Å². The molecule has 1 aromatic carbocycles. The van der Waals surface area contributed by atoms with Crippen LogP contribution in [0, 0.1) is 5.82 Å². The van der Waals surface area contributed by atoms with Crippen molar-refractivity contribution in [3.63, 3.8) is 0 Å². The third-order valence-electron chi connectivity index (χ3n) is 3.40. The van der Waals surface area contributed by atoms with Crippen molar-refractivity contribution < 1.29 is 9.50 Å². The van der Waals surface area contributed by atoms with Crippen molar-refractivity contribution >= 4 is 36.2 Å². The molecule has 0 bridgehead atoms. The summed E-state index contributed by atoms with van der Waals surface area (Å²) in [5.74, 6) is 0.326. The number of benzene rings is 1. The molecule has 0 spiro atoms. The number of halogens is 1. The number of fused-ring (bicyclic) bond motifs is 1. The molecule has 2 aromatic rings. The lowest BCUT2D eigenvalue weighted by atomic mass is 10.1. The van der Waals surface area contributed by atoms with Gasteiger partial charge in [-0.05, 0) is 31.0 Å². The molecule has 2 rings (SSSR count). The zero-order chi connectivity index (χ0) is 15.2. The van der Waals surface area contributed by atoms with Gasteiger partial charge >= 0.3 is 0 Å². The van der Waals surface area contributed by atoms with Crippen LogP contribution in [-0.2, 0) is 0 Å². The van der Waals surface area contributed by atoms with Crippen molar-refractivity contribution in [3.8, 4) is 0 Å².